The third-order valence-corrected chi connectivity index (χ3v) is 5.87. The molecular formula is C20H22N4OS. The Morgan fingerprint density at radius 2 is 2.08 bits per heavy atom. The van der Waals surface area contributed by atoms with Crippen molar-refractivity contribution in [2.24, 2.45) is 7.05 Å². The first-order valence-electron chi connectivity index (χ1n) is 8.93. The zero-order valence-corrected chi connectivity index (χ0v) is 15.9. The van der Waals surface area contributed by atoms with Gasteiger partial charge >= 0.3 is 0 Å². The lowest BCUT2D eigenvalue weighted by atomic mass is 9.97. The van der Waals surface area contributed by atoms with E-state index in [-0.39, 0.29) is 5.91 Å². The lowest BCUT2D eigenvalue weighted by molar-refractivity contribution is 0.0709. The minimum absolute atomic E-state index is 0.0911. The molecule has 1 fully saturated rings. The molecule has 2 aromatic heterocycles. The van der Waals surface area contributed by atoms with E-state index in [2.05, 4.69) is 14.5 Å². The van der Waals surface area contributed by atoms with Crippen molar-refractivity contribution >= 4 is 17.2 Å². The van der Waals surface area contributed by atoms with E-state index in [1.807, 2.05) is 61.6 Å². The third kappa shape index (κ3) is 3.17. The van der Waals surface area contributed by atoms with E-state index in [1.165, 1.54) is 11.3 Å². The van der Waals surface area contributed by atoms with Crippen LogP contribution in [0.15, 0.2) is 42.7 Å². The molecule has 1 amide bonds. The summed E-state index contributed by atoms with van der Waals surface area (Å²) in [6, 6.07) is 9.97. The minimum atomic E-state index is 0.0911. The highest BCUT2D eigenvalue weighted by molar-refractivity contribution is 7.14. The molecular weight excluding hydrogens is 344 g/mol. The second-order valence-corrected chi connectivity index (χ2v) is 7.97. The summed E-state index contributed by atoms with van der Waals surface area (Å²) in [5.41, 5.74) is 1.80. The summed E-state index contributed by atoms with van der Waals surface area (Å²) in [6.07, 6.45) is 5.87. The summed E-state index contributed by atoms with van der Waals surface area (Å²) >= 11 is 1.49. The number of imidazole rings is 1. The molecule has 26 heavy (non-hydrogen) atoms. The number of aryl methyl sites for hydroxylation is 2. The highest BCUT2D eigenvalue weighted by atomic mass is 32.1. The van der Waals surface area contributed by atoms with E-state index < -0.39 is 0 Å². The molecule has 1 saturated heterocycles. The van der Waals surface area contributed by atoms with Crippen LogP contribution in [0.1, 0.15) is 39.3 Å². The average Bonchev–Trinajstić information content (AvgIpc) is 3.27. The Bertz CT molecular complexity index is 915. The van der Waals surface area contributed by atoms with Gasteiger partial charge < -0.3 is 9.47 Å². The first kappa shape index (κ1) is 17.0. The van der Waals surface area contributed by atoms with Crippen molar-refractivity contribution in [3.8, 4) is 11.3 Å². The van der Waals surface area contributed by atoms with Crippen LogP contribution in [0, 0.1) is 6.92 Å². The number of likely N-dealkylation sites (tertiary alicyclic amines) is 1. The Kier molecular flexibility index (Phi) is 4.59. The molecule has 1 unspecified atom stereocenters. The second-order valence-electron chi connectivity index (χ2n) is 6.76. The van der Waals surface area contributed by atoms with Crippen LogP contribution in [-0.2, 0) is 7.05 Å². The number of thiazole rings is 1. The number of hydrogen-bond acceptors (Lipinski definition) is 4. The monoisotopic (exact) mass is 366 g/mol. The van der Waals surface area contributed by atoms with Crippen LogP contribution in [0.4, 0.5) is 0 Å². The minimum Gasteiger partial charge on any atom is -0.338 e. The smallest absolute Gasteiger partial charge is 0.266 e. The van der Waals surface area contributed by atoms with Gasteiger partial charge in [0.2, 0.25) is 0 Å². The molecule has 0 spiro atoms. The summed E-state index contributed by atoms with van der Waals surface area (Å²) in [4.78, 5) is 25.1. The van der Waals surface area contributed by atoms with Crippen LogP contribution in [0.2, 0.25) is 0 Å². The zero-order chi connectivity index (χ0) is 18.1. The molecule has 134 valence electrons. The van der Waals surface area contributed by atoms with Gasteiger partial charge in [0.1, 0.15) is 10.7 Å². The Balaban J connectivity index is 1.61. The van der Waals surface area contributed by atoms with E-state index in [4.69, 9.17) is 0 Å². The molecule has 1 aliphatic rings. The molecule has 6 heteroatoms. The van der Waals surface area contributed by atoms with Gasteiger partial charge in [-0.25, -0.2) is 9.97 Å². The van der Waals surface area contributed by atoms with Gasteiger partial charge in [-0.2, -0.15) is 0 Å². The molecule has 4 rings (SSSR count). The van der Waals surface area contributed by atoms with Gasteiger partial charge in [0.05, 0.1) is 10.7 Å². The van der Waals surface area contributed by atoms with Crippen molar-refractivity contribution in [2.45, 2.75) is 25.7 Å². The van der Waals surface area contributed by atoms with Gasteiger partial charge in [0.25, 0.3) is 5.91 Å². The van der Waals surface area contributed by atoms with Gasteiger partial charge in [0, 0.05) is 44.0 Å². The van der Waals surface area contributed by atoms with Crippen LogP contribution in [-0.4, -0.2) is 38.4 Å². The van der Waals surface area contributed by atoms with Gasteiger partial charge in [-0.15, -0.1) is 11.3 Å². The number of piperidine rings is 1. The van der Waals surface area contributed by atoms with Crippen LogP contribution >= 0.6 is 11.3 Å². The van der Waals surface area contributed by atoms with Crippen LogP contribution in [0.5, 0.6) is 0 Å². The van der Waals surface area contributed by atoms with Crippen molar-refractivity contribution in [1.29, 1.82) is 0 Å². The van der Waals surface area contributed by atoms with Gasteiger partial charge in [-0.05, 0) is 19.8 Å². The number of aromatic nitrogens is 3. The molecule has 1 atom stereocenters. The van der Waals surface area contributed by atoms with E-state index in [0.717, 1.165) is 52.9 Å². The summed E-state index contributed by atoms with van der Waals surface area (Å²) < 4.78 is 2.06. The molecule has 5 nitrogen and oxygen atoms in total. The largest absolute Gasteiger partial charge is 0.338 e. The molecule has 0 radical (unpaired) electrons. The number of benzene rings is 1. The number of amides is 1. The van der Waals surface area contributed by atoms with Crippen molar-refractivity contribution in [1.82, 2.24) is 19.4 Å². The fourth-order valence-corrected chi connectivity index (χ4v) is 4.56. The molecule has 0 aliphatic carbocycles. The van der Waals surface area contributed by atoms with Gasteiger partial charge in [-0.3, -0.25) is 4.79 Å². The molecule has 1 aliphatic heterocycles. The zero-order valence-electron chi connectivity index (χ0n) is 15.1. The highest BCUT2D eigenvalue weighted by Crippen LogP contribution is 2.32. The van der Waals surface area contributed by atoms with Crippen LogP contribution < -0.4 is 0 Å². The normalized spacial score (nSPS) is 17.5. The summed E-state index contributed by atoms with van der Waals surface area (Å²) in [7, 11) is 2.02. The third-order valence-electron chi connectivity index (χ3n) is 4.91. The topological polar surface area (TPSA) is 51.0 Å². The molecule has 1 aromatic carbocycles. The quantitative estimate of drug-likeness (QED) is 0.707. The summed E-state index contributed by atoms with van der Waals surface area (Å²) in [5.74, 6) is 1.45. The summed E-state index contributed by atoms with van der Waals surface area (Å²) in [5, 5.41) is 0.921. The average molecular weight is 366 g/mol. The van der Waals surface area contributed by atoms with E-state index in [9.17, 15) is 4.79 Å². The number of carbonyl (C=O) groups is 1. The molecule has 0 N–H and O–H groups in total. The lowest BCUT2D eigenvalue weighted by Crippen LogP contribution is -2.39. The maximum atomic E-state index is 13.3. The predicted molar refractivity (Wildman–Crippen MR) is 103 cm³/mol. The fraction of sp³-hybridized carbons (Fsp3) is 0.350. The highest BCUT2D eigenvalue weighted by Gasteiger charge is 2.30. The Labute approximate surface area is 157 Å². The number of hydrogen-bond donors (Lipinski definition) is 0. The van der Waals surface area contributed by atoms with Gasteiger partial charge in [0.15, 0.2) is 0 Å². The van der Waals surface area contributed by atoms with E-state index in [0.29, 0.717) is 5.92 Å². The Morgan fingerprint density at radius 1 is 1.27 bits per heavy atom. The lowest BCUT2D eigenvalue weighted by Gasteiger charge is -2.32. The summed E-state index contributed by atoms with van der Waals surface area (Å²) in [6.45, 7) is 3.47. The molecule has 0 bridgehead atoms. The van der Waals surface area contributed by atoms with E-state index in [1.54, 1.807) is 0 Å². The molecule has 3 heterocycles. The van der Waals surface area contributed by atoms with Crippen molar-refractivity contribution in [3.05, 3.63) is 58.4 Å². The van der Waals surface area contributed by atoms with Crippen LogP contribution in [0.25, 0.3) is 11.3 Å². The van der Waals surface area contributed by atoms with E-state index >= 15 is 0 Å². The molecule has 0 saturated carbocycles. The number of nitrogens with zero attached hydrogens (tertiary/aromatic N) is 4. The number of carbonyl (C=O) groups excluding carboxylic acids is 1. The number of rotatable bonds is 3. The first-order valence-corrected chi connectivity index (χ1v) is 9.74. The SMILES string of the molecule is Cc1nc(-c2ccccc2)c(C(=O)N2CCCC(c3nccn3C)C2)s1. The van der Waals surface area contributed by atoms with Gasteiger partial charge in [-0.1, -0.05) is 30.3 Å². The maximum absolute atomic E-state index is 13.3. The maximum Gasteiger partial charge on any atom is 0.266 e. The van der Waals surface area contributed by atoms with Crippen molar-refractivity contribution in [3.63, 3.8) is 0 Å². The Hall–Kier alpha value is -2.47. The second kappa shape index (κ2) is 7.03. The predicted octanol–water partition coefficient (Wildman–Crippen LogP) is 3.87. The van der Waals surface area contributed by atoms with Crippen LogP contribution in [0.3, 0.4) is 0 Å². The van der Waals surface area contributed by atoms with Crippen molar-refractivity contribution < 1.29 is 4.79 Å². The van der Waals surface area contributed by atoms with Crippen molar-refractivity contribution in [2.75, 3.05) is 13.1 Å². The fourth-order valence-electron chi connectivity index (χ4n) is 3.65. The molecule has 3 aromatic rings. The first-order chi connectivity index (χ1) is 12.6. The Morgan fingerprint density at radius 3 is 2.81 bits per heavy atom. The standard InChI is InChI=1S/C20H22N4OS/c1-14-22-17(15-7-4-3-5-8-15)18(26-14)20(25)24-11-6-9-16(13-24)19-21-10-12-23(19)2/h3-5,7-8,10,12,16H,6,9,11,13H2,1-2H3.